The van der Waals surface area contributed by atoms with E-state index >= 15 is 0 Å². The molecule has 1 saturated carbocycles. The lowest BCUT2D eigenvalue weighted by Gasteiger charge is -2.15. The molecular formula is C17H22FNO. The maximum Gasteiger partial charge on any atom is 0.129 e. The van der Waals surface area contributed by atoms with Crippen molar-refractivity contribution in [3.05, 3.63) is 35.1 Å². The third-order valence-electron chi connectivity index (χ3n) is 3.66. The van der Waals surface area contributed by atoms with Crippen LogP contribution in [0.3, 0.4) is 0 Å². The summed E-state index contributed by atoms with van der Waals surface area (Å²) in [4.78, 5) is 0. The number of rotatable bonds is 3. The smallest absolute Gasteiger partial charge is 0.129 e. The van der Waals surface area contributed by atoms with E-state index in [1.165, 1.54) is 31.7 Å². The Bertz CT molecular complexity index is 481. The summed E-state index contributed by atoms with van der Waals surface area (Å²) < 4.78 is 19.8. The molecule has 0 bridgehead atoms. The molecule has 0 spiro atoms. The highest BCUT2D eigenvalue weighted by Gasteiger charge is 2.13. The fourth-order valence-electron chi connectivity index (χ4n) is 2.51. The van der Waals surface area contributed by atoms with Gasteiger partial charge in [0.2, 0.25) is 0 Å². The van der Waals surface area contributed by atoms with Crippen LogP contribution in [0.4, 0.5) is 4.39 Å². The first-order valence-electron chi connectivity index (χ1n) is 7.38. The first-order valence-corrected chi connectivity index (χ1v) is 7.38. The molecule has 0 amide bonds. The predicted octanol–water partition coefficient (Wildman–Crippen LogP) is 3.38. The number of hydrogen-bond donors (Lipinski definition) is 1. The largest absolute Gasteiger partial charge is 0.373 e. The van der Waals surface area contributed by atoms with Gasteiger partial charge in [0.15, 0.2) is 0 Å². The number of ether oxygens (including phenoxy) is 1. The van der Waals surface area contributed by atoms with E-state index in [2.05, 4.69) is 11.8 Å². The van der Waals surface area contributed by atoms with Gasteiger partial charge >= 0.3 is 0 Å². The molecule has 108 valence electrons. The van der Waals surface area contributed by atoms with Crippen molar-refractivity contribution in [2.24, 2.45) is 5.73 Å². The van der Waals surface area contributed by atoms with Gasteiger partial charge in [-0.15, -0.1) is 0 Å². The van der Waals surface area contributed by atoms with Gasteiger partial charge in [-0.3, -0.25) is 0 Å². The molecule has 3 heteroatoms. The Morgan fingerprint density at radius 2 is 1.95 bits per heavy atom. The lowest BCUT2D eigenvalue weighted by Crippen LogP contribution is -2.12. The van der Waals surface area contributed by atoms with Gasteiger partial charge in [0, 0.05) is 11.1 Å². The van der Waals surface area contributed by atoms with Gasteiger partial charge in [-0.1, -0.05) is 43.6 Å². The average molecular weight is 275 g/mol. The third-order valence-corrected chi connectivity index (χ3v) is 3.66. The summed E-state index contributed by atoms with van der Waals surface area (Å²) >= 11 is 0. The van der Waals surface area contributed by atoms with Crippen molar-refractivity contribution in [1.29, 1.82) is 0 Å². The van der Waals surface area contributed by atoms with Crippen LogP contribution in [-0.4, -0.2) is 12.6 Å². The molecule has 2 rings (SSSR count). The van der Waals surface area contributed by atoms with E-state index < -0.39 is 0 Å². The van der Waals surface area contributed by atoms with Gasteiger partial charge in [0.25, 0.3) is 0 Å². The molecule has 0 aliphatic heterocycles. The van der Waals surface area contributed by atoms with Crippen molar-refractivity contribution in [3.8, 4) is 11.8 Å². The Labute approximate surface area is 120 Å². The lowest BCUT2D eigenvalue weighted by atomic mass is 10.1. The van der Waals surface area contributed by atoms with Crippen molar-refractivity contribution < 1.29 is 9.13 Å². The van der Waals surface area contributed by atoms with Crippen LogP contribution in [0.2, 0.25) is 0 Å². The molecule has 2 N–H and O–H groups in total. The lowest BCUT2D eigenvalue weighted by molar-refractivity contribution is 0.0295. The van der Waals surface area contributed by atoms with Crippen molar-refractivity contribution in [3.63, 3.8) is 0 Å². The van der Waals surface area contributed by atoms with Gasteiger partial charge in [-0.25, -0.2) is 4.39 Å². The zero-order chi connectivity index (χ0) is 14.2. The Morgan fingerprint density at radius 3 is 2.60 bits per heavy atom. The average Bonchev–Trinajstić information content (AvgIpc) is 2.73. The molecule has 1 fully saturated rings. The van der Waals surface area contributed by atoms with E-state index in [0.717, 1.165) is 12.8 Å². The Kier molecular flexibility index (Phi) is 6.04. The number of hydrogen-bond acceptors (Lipinski definition) is 2. The van der Waals surface area contributed by atoms with Crippen LogP contribution in [-0.2, 0) is 11.3 Å². The Balaban J connectivity index is 1.92. The standard InChI is InChI=1S/C17H22FNO/c18-17-12-14(6-5-11-19)9-10-15(17)13-20-16-7-3-1-2-4-8-16/h9-10,12,16H,1-4,7-8,11,13,19H2. The quantitative estimate of drug-likeness (QED) is 0.678. The topological polar surface area (TPSA) is 35.2 Å². The maximum absolute atomic E-state index is 13.9. The van der Waals surface area contributed by atoms with Gasteiger partial charge in [0.1, 0.15) is 5.82 Å². The highest BCUT2D eigenvalue weighted by Crippen LogP contribution is 2.21. The summed E-state index contributed by atoms with van der Waals surface area (Å²) in [7, 11) is 0. The highest BCUT2D eigenvalue weighted by atomic mass is 19.1. The van der Waals surface area contributed by atoms with Gasteiger partial charge in [-0.2, -0.15) is 0 Å². The molecular weight excluding hydrogens is 253 g/mol. The molecule has 1 aromatic rings. The van der Waals surface area contributed by atoms with Crippen molar-refractivity contribution in [2.75, 3.05) is 6.54 Å². The van der Waals surface area contributed by atoms with Gasteiger partial charge in [-0.05, 0) is 25.0 Å². The summed E-state index contributed by atoms with van der Waals surface area (Å²) in [5, 5.41) is 0. The number of benzene rings is 1. The van der Waals surface area contributed by atoms with E-state index in [9.17, 15) is 4.39 Å². The molecule has 20 heavy (non-hydrogen) atoms. The zero-order valence-corrected chi connectivity index (χ0v) is 11.8. The minimum atomic E-state index is -0.248. The summed E-state index contributed by atoms with van der Waals surface area (Å²) in [6, 6.07) is 5.03. The van der Waals surface area contributed by atoms with E-state index in [0.29, 0.717) is 17.7 Å². The fourth-order valence-corrected chi connectivity index (χ4v) is 2.51. The molecule has 1 aliphatic rings. The molecule has 0 atom stereocenters. The zero-order valence-electron chi connectivity index (χ0n) is 11.8. The normalized spacial score (nSPS) is 16.3. The summed E-state index contributed by atoms with van der Waals surface area (Å²) in [6.07, 6.45) is 7.52. The van der Waals surface area contributed by atoms with Crippen molar-refractivity contribution in [2.45, 2.75) is 51.2 Å². The molecule has 2 nitrogen and oxygen atoms in total. The molecule has 0 heterocycles. The van der Waals surface area contributed by atoms with Gasteiger partial charge < -0.3 is 10.5 Å². The molecule has 0 aromatic heterocycles. The van der Waals surface area contributed by atoms with Crippen LogP contribution in [0.1, 0.15) is 49.7 Å². The van der Waals surface area contributed by atoms with E-state index in [4.69, 9.17) is 10.5 Å². The van der Waals surface area contributed by atoms with Gasteiger partial charge in [0.05, 0.1) is 19.3 Å². The second-order valence-electron chi connectivity index (χ2n) is 5.24. The van der Waals surface area contributed by atoms with E-state index in [1.54, 1.807) is 6.07 Å². The van der Waals surface area contributed by atoms with Crippen LogP contribution >= 0.6 is 0 Å². The second kappa shape index (κ2) is 8.04. The summed E-state index contributed by atoms with van der Waals surface area (Å²) in [5.41, 5.74) is 6.56. The van der Waals surface area contributed by atoms with Crippen LogP contribution in [0.25, 0.3) is 0 Å². The van der Waals surface area contributed by atoms with Crippen LogP contribution in [0, 0.1) is 17.7 Å². The first-order chi connectivity index (χ1) is 9.79. The SMILES string of the molecule is NCC#Cc1ccc(COC2CCCCCC2)c(F)c1. The molecule has 0 unspecified atom stereocenters. The van der Waals surface area contributed by atoms with Crippen molar-refractivity contribution >= 4 is 0 Å². The molecule has 0 saturated heterocycles. The summed E-state index contributed by atoms with van der Waals surface area (Å²) in [6.45, 7) is 0.634. The predicted molar refractivity (Wildman–Crippen MR) is 78.6 cm³/mol. The molecule has 1 aromatic carbocycles. The summed E-state index contributed by atoms with van der Waals surface area (Å²) in [5.74, 6) is 5.30. The van der Waals surface area contributed by atoms with E-state index in [-0.39, 0.29) is 18.5 Å². The van der Waals surface area contributed by atoms with Crippen LogP contribution in [0.5, 0.6) is 0 Å². The third kappa shape index (κ3) is 4.63. The van der Waals surface area contributed by atoms with Crippen LogP contribution < -0.4 is 5.73 Å². The van der Waals surface area contributed by atoms with Crippen LogP contribution in [0.15, 0.2) is 18.2 Å². The fraction of sp³-hybridized carbons (Fsp3) is 0.529. The molecule has 0 radical (unpaired) electrons. The Morgan fingerprint density at radius 1 is 1.20 bits per heavy atom. The maximum atomic E-state index is 13.9. The monoisotopic (exact) mass is 275 g/mol. The van der Waals surface area contributed by atoms with E-state index in [1.807, 2.05) is 6.07 Å². The number of nitrogens with two attached hydrogens (primary N) is 1. The first kappa shape index (κ1) is 15.0. The molecule has 1 aliphatic carbocycles. The minimum absolute atomic E-state index is 0.248. The highest BCUT2D eigenvalue weighted by molar-refractivity contribution is 5.37. The Hall–Kier alpha value is -1.37. The van der Waals surface area contributed by atoms with Crippen molar-refractivity contribution in [1.82, 2.24) is 0 Å². The second-order valence-corrected chi connectivity index (χ2v) is 5.24. The minimum Gasteiger partial charge on any atom is -0.373 e. The number of halogens is 1.